The first kappa shape index (κ1) is 7.69. The molecule has 1 aliphatic carbocycles. The van der Waals surface area contributed by atoms with Crippen molar-refractivity contribution in [2.24, 2.45) is 0 Å². The molecule has 0 aromatic carbocycles. The summed E-state index contributed by atoms with van der Waals surface area (Å²) >= 11 is -1.70. The van der Waals surface area contributed by atoms with Crippen LogP contribution in [0.4, 0.5) is 0 Å². The standard InChI is InChI=1S/C7H10O2S/c1-6-2-4-7(5-3-6)10(8)9/h2-4,7H,5H2,1H3,(H,8,9)/t7-/m1/s1. The van der Waals surface area contributed by atoms with Crippen LogP contribution >= 0.6 is 0 Å². The Morgan fingerprint density at radius 2 is 2.50 bits per heavy atom. The summed E-state index contributed by atoms with van der Waals surface area (Å²) in [5, 5.41) is -0.191. The Morgan fingerprint density at radius 3 is 2.90 bits per heavy atom. The van der Waals surface area contributed by atoms with Gasteiger partial charge in [0.2, 0.25) is 0 Å². The third kappa shape index (κ3) is 1.78. The van der Waals surface area contributed by atoms with Crippen LogP contribution < -0.4 is 0 Å². The van der Waals surface area contributed by atoms with Gasteiger partial charge in [-0.15, -0.1) is 0 Å². The molecule has 0 bridgehead atoms. The summed E-state index contributed by atoms with van der Waals surface area (Å²) < 4.78 is 19.1. The Labute approximate surface area is 62.9 Å². The highest BCUT2D eigenvalue weighted by molar-refractivity contribution is 7.80. The minimum atomic E-state index is -1.70. The molecule has 0 heterocycles. The van der Waals surface area contributed by atoms with Gasteiger partial charge in [0.1, 0.15) is 0 Å². The fraction of sp³-hybridized carbons (Fsp3) is 0.429. The molecule has 1 aliphatic rings. The molecule has 2 nitrogen and oxygen atoms in total. The molecule has 0 saturated carbocycles. The van der Waals surface area contributed by atoms with Crippen molar-refractivity contribution in [1.82, 2.24) is 0 Å². The Morgan fingerprint density at radius 1 is 1.80 bits per heavy atom. The van der Waals surface area contributed by atoms with Gasteiger partial charge in [0, 0.05) is 0 Å². The first-order valence-corrected chi connectivity index (χ1v) is 4.32. The van der Waals surface area contributed by atoms with Gasteiger partial charge < -0.3 is 4.55 Å². The predicted molar refractivity (Wildman–Crippen MR) is 42.1 cm³/mol. The highest BCUT2D eigenvalue weighted by Crippen LogP contribution is 2.12. The fourth-order valence-electron chi connectivity index (χ4n) is 0.857. The second kappa shape index (κ2) is 3.12. The van der Waals surface area contributed by atoms with Gasteiger partial charge >= 0.3 is 0 Å². The zero-order chi connectivity index (χ0) is 7.56. The molecule has 0 fully saturated rings. The summed E-state index contributed by atoms with van der Waals surface area (Å²) in [6.07, 6.45) is 6.32. The highest BCUT2D eigenvalue weighted by atomic mass is 32.2. The van der Waals surface area contributed by atoms with Gasteiger partial charge in [0.25, 0.3) is 0 Å². The van der Waals surface area contributed by atoms with Crippen molar-refractivity contribution in [2.75, 3.05) is 0 Å². The lowest BCUT2D eigenvalue weighted by Gasteiger charge is -2.09. The zero-order valence-corrected chi connectivity index (χ0v) is 6.60. The summed E-state index contributed by atoms with van der Waals surface area (Å²) in [5.74, 6) is 0. The molecule has 2 atom stereocenters. The van der Waals surface area contributed by atoms with Crippen LogP contribution in [0.25, 0.3) is 0 Å². The van der Waals surface area contributed by atoms with E-state index in [1.54, 1.807) is 6.08 Å². The topological polar surface area (TPSA) is 37.3 Å². The molecule has 0 spiro atoms. The number of rotatable bonds is 1. The molecule has 0 aromatic heterocycles. The van der Waals surface area contributed by atoms with Gasteiger partial charge in [-0.05, 0) is 13.3 Å². The molecule has 0 saturated heterocycles. The molecule has 10 heavy (non-hydrogen) atoms. The summed E-state index contributed by atoms with van der Waals surface area (Å²) in [6.45, 7) is 1.98. The lowest BCUT2D eigenvalue weighted by Crippen LogP contribution is -2.12. The average Bonchev–Trinajstić information content (AvgIpc) is 1.88. The monoisotopic (exact) mass is 158 g/mol. The van der Waals surface area contributed by atoms with Crippen molar-refractivity contribution < 1.29 is 8.76 Å². The highest BCUT2D eigenvalue weighted by Gasteiger charge is 2.11. The van der Waals surface area contributed by atoms with Gasteiger partial charge in [-0.3, -0.25) is 0 Å². The maximum Gasteiger partial charge on any atom is 0.160 e. The lowest BCUT2D eigenvalue weighted by molar-refractivity contribution is 0.556. The van der Waals surface area contributed by atoms with Crippen LogP contribution in [0.1, 0.15) is 13.3 Å². The van der Waals surface area contributed by atoms with E-state index >= 15 is 0 Å². The van der Waals surface area contributed by atoms with E-state index in [9.17, 15) is 4.21 Å². The lowest BCUT2D eigenvalue weighted by atomic mass is 10.1. The van der Waals surface area contributed by atoms with Crippen molar-refractivity contribution in [3.05, 3.63) is 23.8 Å². The van der Waals surface area contributed by atoms with Crippen LogP contribution in [0.15, 0.2) is 23.8 Å². The first-order valence-electron chi connectivity index (χ1n) is 3.15. The van der Waals surface area contributed by atoms with E-state index in [0.29, 0.717) is 6.42 Å². The van der Waals surface area contributed by atoms with Crippen LogP contribution in [0.3, 0.4) is 0 Å². The van der Waals surface area contributed by atoms with Crippen LogP contribution in [-0.4, -0.2) is 14.0 Å². The zero-order valence-electron chi connectivity index (χ0n) is 5.78. The first-order chi connectivity index (χ1) is 4.70. The van der Waals surface area contributed by atoms with Gasteiger partial charge in [-0.1, -0.05) is 23.8 Å². The largest absolute Gasteiger partial charge is 0.306 e. The van der Waals surface area contributed by atoms with Crippen LogP contribution in [-0.2, 0) is 11.1 Å². The molecule has 56 valence electrons. The van der Waals surface area contributed by atoms with Gasteiger partial charge in [0.15, 0.2) is 11.1 Å². The average molecular weight is 158 g/mol. The minimum Gasteiger partial charge on any atom is -0.306 e. The van der Waals surface area contributed by atoms with E-state index in [-0.39, 0.29) is 5.25 Å². The molecule has 1 rings (SSSR count). The summed E-state index contributed by atoms with van der Waals surface area (Å²) in [6, 6.07) is 0. The number of allylic oxidation sites excluding steroid dienone is 3. The number of hydrogen-bond acceptors (Lipinski definition) is 1. The fourth-order valence-corrected chi connectivity index (χ4v) is 1.33. The molecule has 1 unspecified atom stereocenters. The number of hydrogen-bond donors (Lipinski definition) is 1. The molecule has 0 amide bonds. The quantitative estimate of drug-likeness (QED) is 0.587. The van der Waals surface area contributed by atoms with Crippen molar-refractivity contribution in [3.8, 4) is 0 Å². The predicted octanol–water partition coefficient (Wildman–Crippen LogP) is 1.48. The third-order valence-electron chi connectivity index (χ3n) is 1.50. The van der Waals surface area contributed by atoms with Crippen molar-refractivity contribution >= 4 is 11.1 Å². The molecular formula is C7H10O2S. The molecule has 3 heteroatoms. The SMILES string of the molecule is CC1=CC[C@H](S(=O)O)C=C1. The summed E-state index contributed by atoms with van der Waals surface area (Å²) in [5.41, 5.74) is 1.17. The second-order valence-electron chi connectivity index (χ2n) is 2.36. The normalized spacial score (nSPS) is 27.8. The molecular weight excluding hydrogens is 148 g/mol. The van der Waals surface area contributed by atoms with E-state index in [1.165, 1.54) is 5.57 Å². The minimum absolute atomic E-state index is 0.191. The molecule has 0 aliphatic heterocycles. The van der Waals surface area contributed by atoms with Gasteiger partial charge in [0.05, 0.1) is 5.25 Å². The Balaban J connectivity index is 2.60. The van der Waals surface area contributed by atoms with Crippen molar-refractivity contribution in [1.29, 1.82) is 0 Å². The second-order valence-corrected chi connectivity index (χ2v) is 3.52. The Kier molecular flexibility index (Phi) is 2.40. The summed E-state index contributed by atoms with van der Waals surface area (Å²) in [4.78, 5) is 0. The molecule has 0 radical (unpaired) electrons. The van der Waals surface area contributed by atoms with E-state index < -0.39 is 11.1 Å². The Hall–Kier alpha value is -0.410. The van der Waals surface area contributed by atoms with Crippen LogP contribution in [0, 0.1) is 0 Å². The van der Waals surface area contributed by atoms with Crippen LogP contribution in [0.2, 0.25) is 0 Å². The molecule has 1 N–H and O–H groups in total. The maximum atomic E-state index is 10.5. The maximum absolute atomic E-state index is 10.5. The Bertz CT molecular complexity index is 206. The molecule has 0 aromatic rings. The van der Waals surface area contributed by atoms with Crippen molar-refractivity contribution in [3.63, 3.8) is 0 Å². The van der Waals surface area contributed by atoms with Gasteiger partial charge in [-0.25, -0.2) is 4.21 Å². The van der Waals surface area contributed by atoms with Gasteiger partial charge in [-0.2, -0.15) is 0 Å². The van der Waals surface area contributed by atoms with Crippen molar-refractivity contribution in [2.45, 2.75) is 18.6 Å². The third-order valence-corrected chi connectivity index (χ3v) is 2.37. The van der Waals surface area contributed by atoms with E-state index in [2.05, 4.69) is 0 Å². The summed E-state index contributed by atoms with van der Waals surface area (Å²) in [7, 11) is 0. The van der Waals surface area contributed by atoms with Crippen LogP contribution in [0.5, 0.6) is 0 Å². The van der Waals surface area contributed by atoms with E-state index in [1.807, 2.05) is 19.1 Å². The smallest absolute Gasteiger partial charge is 0.160 e. The van der Waals surface area contributed by atoms with E-state index in [4.69, 9.17) is 4.55 Å². The van der Waals surface area contributed by atoms with E-state index in [0.717, 1.165) is 0 Å².